The van der Waals surface area contributed by atoms with Gasteiger partial charge >= 0.3 is 0 Å². The lowest BCUT2D eigenvalue weighted by Crippen LogP contribution is -1.93. The molecule has 2 rings (SSSR count). The van der Waals surface area contributed by atoms with Gasteiger partial charge < -0.3 is 0 Å². The highest BCUT2D eigenvalue weighted by Gasteiger charge is 2.14. The molecule has 18 heavy (non-hydrogen) atoms. The van der Waals surface area contributed by atoms with E-state index in [1.807, 2.05) is 0 Å². The van der Waals surface area contributed by atoms with E-state index in [2.05, 4.69) is 49.6 Å². The van der Waals surface area contributed by atoms with Gasteiger partial charge in [0.15, 0.2) is 0 Å². The van der Waals surface area contributed by atoms with Gasteiger partial charge in [-0.2, -0.15) is 0 Å². The Labute approximate surface area is 119 Å². The molecule has 1 atom stereocenters. The molecular formula is C16H19ClS. The van der Waals surface area contributed by atoms with Crippen LogP contribution in [0.3, 0.4) is 0 Å². The third kappa shape index (κ3) is 3.15. The highest BCUT2D eigenvalue weighted by molar-refractivity contribution is 7.10. The number of rotatable bonds is 5. The predicted molar refractivity (Wildman–Crippen MR) is 81.8 cm³/mol. The third-order valence-electron chi connectivity index (χ3n) is 3.22. The van der Waals surface area contributed by atoms with E-state index < -0.39 is 0 Å². The fourth-order valence-electron chi connectivity index (χ4n) is 2.03. The number of alkyl halides is 1. The minimum Gasteiger partial charge on any atom is -0.147 e. The summed E-state index contributed by atoms with van der Waals surface area (Å²) in [5, 5.41) is 2.10. The van der Waals surface area contributed by atoms with Gasteiger partial charge in [-0.25, -0.2) is 0 Å². The molecule has 0 radical (unpaired) electrons. The number of unbranched alkanes of at least 4 members (excludes halogenated alkanes) is 1. The molecular weight excluding hydrogens is 260 g/mol. The molecule has 0 fully saturated rings. The van der Waals surface area contributed by atoms with Crippen LogP contribution in [-0.2, 0) is 6.42 Å². The molecule has 1 aromatic heterocycles. The maximum atomic E-state index is 6.55. The van der Waals surface area contributed by atoms with Gasteiger partial charge in [-0.1, -0.05) is 37.6 Å². The van der Waals surface area contributed by atoms with E-state index in [0.29, 0.717) is 0 Å². The van der Waals surface area contributed by atoms with Gasteiger partial charge in [0.2, 0.25) is 0 Å². The summed E-state index contributed by atoms with van der Waals surface area (Å²) >= 11 is 8.28. The summed E-state index contributed by atoms with van der Waals surface area (Å²) in [7, 11) is 0. The van der Waals surface area contributed by atoms with Crippen LogP contribution in [0.2, 0.25) is 0 Å². The van der Waals surface area contributed by atoms with Crippen molar-refractivity contribution in [2.24, 2.45) is 0 Å². The molecule has 0 aliphatic carbocycles. The van der Waals surface area contributed by atoms with E-state index in [1.54, 1.807) is 11.3 Å². The Balaban J connectivity index is 2.12. The molecule has 2 aromatic rings. The first-order valence-electron chi connectivity index (χ1n) is 6.49. The molecule has 0 aliphatic heterocycles. The molecule has 0 N–H and O–H groups in total. The van der Waals surface area contributed by atoms with E-state index in [1.165, 1.54) is 40.8 Å². The summed E-state index contributed by atoms with van der Waals surface area (Å²) in [6, 6.07) is 10.9. The zero-order valence-electron chi connectivity index (χ0n) is 10.9. The third-order valence-corrected chi connectivity index (χ3v) is 4.91. The van der Waals surface area contributed by atoms with Gasteiger partial charge in [-0.05, 0) is 47.9 Å². The van der Waals surface area contributed by atoms with E-state index >= 15 is 0 Å². The number of hydrogen-bond donors (Lipinski definition) is 0. The Morgan fingerprint density at radius 2 is 1.89 bits per heavy atom. The largest absolute Gasteiger partial charge is 0.147 e. The quantitative estimate of drug-likeness (QED) is 0.613. The zero-order chi connectivity index (χ0) is 13.0. The number of halogens is 1. The number of benzene rings is 1. The van der Waals surface area contributed by atoms with Crippen LogP contribution in [0.15, 0.2) is 35.7 Å². The van der Waals surface area contributed by atoms with Crippen molar-refractivity contribution in [1.82, 2.24) is 0 Å². The average Bonchev–Trinajstić information content (AvgIpc) is 2.82. The molecule has 0 aliphatic rings. The molecule has 1 unspecified atom stereocenters. The highest BCUT2D eigenvalue weighted by Crippen LogP contribution is 2.34. The first-order valence-corrected chi connectivity index (χ1v) is 7.81. The average molecular weight is 279 g/mol. The molecule has 1 aromatic carbocycles. The maximum absolute atomic E-state index is 6.55. The molecule has 0 bridgehead atoms. The Bertz CT molecular complexity index is 484. The van der Waals surface area contributed by atoms with Gasteiger partial charge in [0.25, 0.3) is 0 Å². The Morgan fingerprint density at radius 1 is 1.17 bits per heavy atom. The first-order chi connectivity index (χ1) is 8.72. The topological polar surface area (TPSA) is 0 Å². The predicted octanol–water partition coefficient (Wildman–Crippen LogP) is 5.73. The van der Waals surface area contributed by atoms with Crippen LogP contribution in [0.25, 0.3) is 0 Å². The van der Waals surface area contributed by atoms with Gasteiger partial charge in [0.05, 0.1) is 5.38 Å². The lowest BCUT2D eigenvalue weighted by atomic mass is 10.0. The molecule has 1 heterocycles. The summed E-state index contributed by atoms with van der Waals surface area (Å²) in [5.41, 5.74) is 3.89. The second-order valence-corrected chi connectivity index (χ2v) is 6.06. The molecule has 0 spiro atoms. The SMILES string of the molecule is CCCCc1ccc(C(Cl)c2sccc2C)cc1. The summed E-state index contributed by atoms with van der Waals surface area (Å²) < 4.78 is 0. The maximum Gasteiger partial charge on any atom is 0.0930 e. The second-order valence-electron chi connectivity index (χ2n) is 4.68. The molecule has 2 heteroatoms. The van der Waals surface area contributed by atoms with Crippen molar-refractivity contribution < 1.29 is 0 Å². The number of hydrogen-bond acceptors (Lipinski definition) is 1. The standard InChI is InChI=1S/C16H19ClS/c1-3-4-5-13-6-8-14(9-7-13)15(17)16-12(2)10-11-18-16/h6-11,15H,3-5H2,1-2H3. The van der Waals surface area contributed by atoms with Crippen LogP contribution < -0.4 is 0 Å². The Kier molecular flexibility index (Phi) is 4.85. The summed E-state index contributed by atoms with van der Waals surface area (Å²) in [5.74, 6) is 0. The van der Waals surface area contributed by atoms with Gasteiger partial charge in [0, 0.05) is 4.88 Å². The van der Waals surface area contributed by atoms with Crippen LogP contribution in [0.4, 0.5) is 0 Å². The van der Waals surface area contributed by atoms with Crippen molar-refractivity contribution in [3.63, 3.8) is 0 Å². The van der Waals surface area contributed by atoms with Crippen molar-refractivity contribution in [2.45, 2.75) is 38.5 Å². The van der Waals surface area contributed by atoms with Gasteiger partial charge in [-0.15, -0.1) is 22.9 Å². The van der Waals surface area contributed by atoms with Crippen molar-refractivity contribution in [3.8, 4) is 0 Å². The van der Waals surface area contributed by atoms with Crippen molar-refractivity contribution in [1.29, 1.82) is 0 Å². The summed E-state index contributed by atoms with van der Waals surface area (Å²) in [4.78, 5) is 1.26. The molecule has 0 saturated carbocycles. The lowest BCUT2D eigenvalue weighted by Gasteiger charge is -2.10. The van der Waals surface area contributed by atoms with Gasteiger partial charge in [0.1, 0.15) is 0 Å². The van der Waals surface area contributed by atoms with Crippen LogP contribution >= 0.6 is 22.9 Å². The van der Waals surface area contributed by atoms with Crippen molar-refractivity contribution in [2.75, 3.05) is 0 Å². The normalized spacial score (nSPS) is 12.6. The van der Waals surface area contributed by atoms with Crippen LogP contribution in [-0.4, -0.2) is 0 Å². The summed E-state index contributed by atoms with van der Waals surface area (Å²) in [6.07, 6.45) is 3.67. The Morgan fingerprint density at radius 3 is 2.44 bits per heavy atom. The van der Waals surface area contributed by atoms with Crippen LogP contribution in [0, 0.1) is 6.92 Å². The van der Waals surface area contributed by atoms with Crippen LogP contribution in [0.5, 0.6) is 0 Å². The van der Waals surface area contributed by atoms with Crippen molar-refractivity contribution in [3.05, 3.63) is 57.3 Å². The van der Waals surface area contributed by atoms with E-state index in [4.69, 9.17) is 11.6 Å². The molecule has 96 valence electrons. The van der Waals surface area contributed by atoms with Crippen molar-refractivity contribution >= 4 is 22.9 Å². The summed E-state index contributed by atoms with van der Waals surface area (Å²) in [6.45, 7) is 4.35. The number of aryl methyl sites for hydroxylation is 2. The van der Waals surface area contributed by atoms with E-state index in [-0.39, 0.29) is 5.38 Å². The van der Waals surface area contributed by atoms with E-state index in [9.17, 15) is 0 Å². The zero-order valence-corrected chi connectivity index (χ0v) is 12.5. The molecule has 0 saturated heterocycles. The number of thiophene rings is 1. The Hall–Kier alpha value is -0.790. The van der Waals surface area contributed by atoms with Crippen LogP contribution in [0.1, 0.15) is 46.7 Å². The second kappa shape index (κ2) is 6.40. The molecule has 0 nitrogen and oxygen atoms in total. The fourth-order valence-corrected chi connectivity index (χ4v) is 3.43. The minimum absolute atomic E-state index is 0.00905. The molecule has 0 amide bonds. The monoisotopic (exact) mass is 278 g/mol. The fraction of sp³-hybridized carbons (Fsp3) is 0.375. The minimum atomic E-state index is -0.00905. The lowest BCUT2D eigenvalue weighted by molar-refractivity contribution is 0.794. The first kappa shape index (κ1) is 13.6. The van der Waals surface area contributed by atoms with E-state index in [0.717, 1.165) is 0 Å². The highest BCUT2D eigenvalue weighted by atomic mass is 35.5. The van der Waals surface area contributed by atoms with Gasteiger partial charge in [-0.3, -0.25) is 0 Å². The smallest absolute Gasteiger partial charge is 0.0930 e.